The third-order valence-electron chi connectivity index (χ3n) is 15.2. The summed E-state index contributed by atoms with van der Waals surface area (Å²) in [6, 6.07) is 19.0. The molecule has 2 aliphatic carbocycles. The van der Waals surface area contributed by atoms with Crippen LogP contribution in [0.3, 0.4) is 0 Å². The zero-order chi connectivity index (χ0) is 46.8. The summed E-state index contributed by atoms with van der Waals surface area (Å²) in [6.45, 7) is 9.39. The summed E-state index contributed by atoms with van der Waals surface area (Å²) >= 11 is 7.73. The Morgan fingerprint density at radius 3 is 2.57 bits per heavy atom. The molecule has 10 rings (SSSR count). The Bertz CT molecular complexity index is 2830. The third-order valence-corrected chi connectivity index (χ3v) is 18.3. The Balaban J connectivity index is 0.863. The number of anilines is 1. The zero-order valence-electron chi connectivity index (χ0n) is 38.0. The molecule has 1 spiro atoms. The Hall–Kier alpha value is -4.87. The first-order chi connectivity index (χ1) is 32.1. The summed E-state index contributed by atoms with van der Waals surface area (Å²) in [5.74, 6) is 0.145. The quantitative estimate of drug-likeness (QED) is 0.0843. The molecule has 0 radical (unpaired) electrons. The van der Waals surface area contributed by atoms with Gasteiger partial charge in [0.25, 0.3) is 21.6 Å². The van der Waals surface area contributed by atoms with Crippen molar-refractivity contribution in [2.24, 2.45) is 11.3 Å². The van der Waals surface area contributed by atoms with E-state index in [1.165, 1.54) is 60.8 Å². The number of aliphatic hydroxyl groups is 1. The van der Waals surface area contributed by atoms with E-state index in [-0.39, 0.29) is 50.9 Å². The smallest absolute Gasteiger partial charge is 0.288 e. The summed E-state index contributed by atoms with van der Waals surface area (Å²) in [5, 5.41) is 23.8. The van der Waals surface area contributed by atoms with Gasteiger partial charge in [-0.15, -0.1) is 11.8 Å². The Morgan fingerprint density at radius 2 is 1.82 bits per heavy atom. The monoisotopic (exact) mass is 968 g/mol. The number of aromatic amines is 1. The van der Waals surface area contributed by atoms with E-state index in [1.54, 1.807) is 30.5 Å². The molecule has 5 aromatic rings. The number of likely N-dealkylation sites (tertiary alicyclic amines) is 1. The standard InChI is InChI=1S/C50H57ClN6O8S2/c1-30(2)36-7-4-5-8-37(36)41-9-6-18-56(41)33-25-50(26-33)16-19-55(20-17-50)32-10-11-38(43(21-32)65-34-22-39-40(51)28-53-47(39)52-27-34)48(58)54-67(62,63)35-23-42(57(60)61)46-44(24-35)64-29-45(66-46)31-12-14-49(3,59)15-13-31/h4-5,7-8,10-11,21-24,27-28,30-31,33,41,45,59H,6,9,12-20,25-26,29H2,1-3H3,(H,52,53)(H,54,58)/t31?,41-,45-,49?/m1/s1. The number of rotatable bonds is 11. The minimum atomic E-state index is -4.66. The Labute approximate surface area is 400 Å². The molecular weight excluding hydrogens is 912 g/mol. The van der Waals surface area contributed by atoms with Gasteiger partial charge in [0.2, 0.25) is 0 Å². The van der Waals surface area contributed by atoms with E-state index in [0.717, 1.165) is 57.1 Å². The van der Waals surface area contributed by atoms with Crippen LogP contribution in [0.1, 0.15) is 118 Å². The molecule has 67 heavy (non-hydrogen) atoms. The predicted octanol–water partition coefficient (Wildman–Crippen LogP) is 10.5. The highest BCUT2D eigenvalue weighted by Gasteiger charge is 2.50. The number of nitrogens with zero attached hydrogens (tertiary/aromatic N) is 4. The van der Waals surface area contributed by atoms with Crippen LogP contribution < -0.4 is 19.1 Å². The maximum Gasteiger partial charge on any atom is 0.288 e. The second kappa shape index (κ2) is 17.9. The molecule has 17 heteroatoms. The molecule has 4 fully saturated rings. The molecule has 14 nitrogen and oxygen atoms in total. The Morgan fingerprint density at radius 1 is 1.06 bits per heavy atom. The molecule has 5 heterocycles. The van der Waals surface area contributed by atoms with Gasteiger partial charge in [-0.05, 0) is 124 Å². The van der Waals surface area contributed by atoms with E-state index in [9.17, 15) is 28.4 Å². The average molecular weight is 970 g/mol. The molecule has 1 amide bonds. The van der Waals surface area contributed by atoms with Gasteiger partial charge < -0.3 is 24.5 Å². The van der Waals surface area contributed by atoms with Gasteiger partial charge in [-0.3, -0.25) is 19.8 Å². The maximum atomic E-state index is 14.1. The van der Waals surface area contributed by atoms with Gasteiger partial charge in [-0.25, -0.2) is 18.1 Å². The van der Waals surface area contributed by atoms with E-state index < -0.39 is 37.0 Å². The topological polar surface area (TPSA) is 180 Å². The molecule has 3 aromatic carbocycles. The third kappa shape index (κ3) is 9.11. The first-order valence-corrected chi connectivity index (χ1v) is 26.2. The lowest BCUT2D eigenvalue weighted by molar-refractivity contribution is -0.388. The molecule has 3 N–H and O–H groups in total. The highest BCUT2D eigenvalue weighted by atomic mass is 35.5. The molecule has 2 saturated heterocycles. The number of hydrogen-bond donors (Lipinski definition) is 3. The van der Waals surface area contributed by atoms with Crippen LogP contribution in [-0.4, -0.2) is 82.4 Å². The highest BCUT2D eigenvalue weighted by Crippen LogP contribution is 2.55. The van der Waals surface area contributed by atoms with Gasteiger partial charge in [-0.2, -0.15) is 0 Å². The van der Waals surface area contributed by atoms with Crippen molar-refractivity contribution in [2.45, 2.75) is 124 Å². The summed E-state index contributed by atoms with van der Waals surface area (Å²) in [4.78, 5) is 38.2. The van der Waals surface area contributed by atoms with Crippen molar-refractivity contribution in [3.8, 4) is 17.2 Å². The van der Waals surface area contributed by atoms with E-state index in [1.807, 2.05) is 6.92 Å². The molecule has 0 unspecified atom stereocenters. The number of fused-ring (bicyclic) bond motifs is 2. The van der Waals surface area contributed by atoms with Gasteiger partial charge in [0.1, 0.15) is 34.4 Å². The van der Waals surface area contributed by atoms with Gasteiger partial charge in [-0.1, -0.05) is 49.7 Å². The number of carbonyl (C=O) groups excluding carboxylic acids is 1. The predicted molar refractivity (Wildman–Crippen MR) is 259 cm³/mol. The zero-order valence-corrected chi connectivity index (χ0v) is 40.4. The van der Waals surface area contributed by atoms with E-state index >= 15 is 0 Å². The summed E-state index contributed by atoms with van der Waals surface area (Å²) < 4.78 is 42.5. The first-order valence-electron chi connectivity index (χ1n) is 23.5. The highest BCUT2D eigenvalue weighted by molar-refractivity contribution is 8.00. The number of ether oxygens (including phenoxy) is 2. The number of aromatic nitrogens is 2. The second-order valence-corrected chi connectivity index (χ2v) is 23.3. The number of carbonyl (C=O) groups is 1. The van der Waals surface area contributed by atoms with Crippen molar-refractivity contribution in [1.29, 1.82) is 0 Å². The van der Waals surface area contributed by atoms with E-state index in [0.29, 0.717) is 46.9 Å². The molecule has 2 aromatic heterocycles. The summed E-state index contributed by atoms with van der Waals surface area (Å²) in [5.41, 5.74) is 3.40. The van der Waals surface area contributed by atoms with Crippen molar-refractivity contribution >= 4 is 61.7 Å². The van der Waals surface area contributed by atoms with Gasteiger partial charge in [0.15, 0.2) is 0 Å². The number of thioether (sulfide) groups is 1. The van der Waals surface area contributed by atoms with Gasteiger partial charge in [0, 0.05) is 65.9 Å². The van der Waals surface area contributed by atoms with Crippen LogP contribution in [0.25, 0.3) is 11.0 Å². The fourth-order valence-electron chi connectivity index (χ4n) is 11.4. The van der Waals surface area contributed by atoms with Crippen LogP contribution in [-0.2, 0) is 10.0 Å². The lowest BCUT2D eigenvalue weighted by Gasteiger charge is -2.56. The molecule has 0 bridgehead atoms. The van der Waals surface area contributed by atoms with Crippen LogP contribution in [0.15, 0.2) is 82.8 Å². The normalized spacial score (nSPS) is 24.3. The van der Waals surface area contributed by atoms with Gasteiger partial charge >= 0.3 is 0 Å². The largest absolute Gasteiger partial charge is 0.491 e. The number of benzene rings is 3. The van der Waals surface area contributed by atoms with Gasteiger partial charge in [0.05, 0.1) is 32.2 Å². The number of nitro benzene ring substituents is 1. The SMILES string of the molecule is CC(C)c1ccccc1[C@H]1CCCN1C1CC2(CCN(c3ccc(C(=O)NS(=O)(=O)c4cc5c(c([N+](=O)[O-])c4)S[C@@H](C4CCC(C)(O)CC4)CO5)c(Oc4cnc5[nH]cc(Cl)c5c4)c3)CC2)C1. The number of pyridine rings is 1. The number of hydrogen-bond acceptors (Lipinski definition) is 12. The number of nitrogens with one attached hydrogen (secondary N) is 2. The number of amides is 1. The first kappa shape index (κ1) is 45.9. The molecule has 354 valence electrons. The number of nitro groups is 1. The fraction of sp³-hybridized carbons (Fsp3) is 0.480. The summed E-state index contributed by atoms with van der Waals surface area (Å²) in [7, 11) is -4.66. The van der Waals surface area contributed by atoms with Crippen LogP contribution in [0.2, 0.25) is 5.02 Å². The number of piperidine rings is 1. The van der Waals surface area contributed by atoms with Crippen LogP contribution in [0.4, 0.5) is 11.4 Å². The molecule has 2 atom stereocenters. The van der Waals surface area contributed by atoms with E-state index in [2.05, 4.69) is 62.6 Å². The van der Waals surface area contributed by atoms with Crippen LogP contribution in [0.5, 0.6) is 17.2 Å². The van der Waals surface area contributed by atoms with Crippen molar-refractivity contribution in [3.63, 3.8) is 0 Å². The fourth-order valence-corrected chi connectivity index (χ4v) is 14.0. The molecule has 3 aliphatic heterocycles. The minimum absolute atomic E-state index is 0.0596. The summed E-state index contributed by atoms with van der Waals surface area (Å²) in [6.07, 6.45) is 12.7. The van der Waals surface area contributed by atoms with Crippen molar-refractivity contribution in [1.82, 2.24) is 19.6 Å². The Kier molecular flexibility index (Phi) is 12.3. The second-order valence-electron chi connectivity index (χ2n) is 20.0. The number of sulfonamides is 1. The lowest BCUT2D eigenvalue weighted by atomic mass is 9.59. The minimum Gasteiger partial charge on any atom is -0.491 e. The molecule has 5 aliphatic rings. The van der Waals surface area contributed by atoms with Crippen molar-refractivity contribution in [2.75, 3.05) is 31.1 Å². The van der Waals surface area contributed by atoms with E-state index in [4.69, 9.17) is 21.1 Å². The van der Waals surface area contributed by atoms with Crippen LogP contribution >= 0.6 is 23.4 Å². The van der Waals surface area contributed by atoms with Crippen LogP contribution in [0, 0.1) is 21.4 Å². The molecule has 2 saturated carbocycles. The average Bonchev–Trinajstić information content (AvgIpc) is 3.94. The maximum absolute atomic E-state index is 14.1. The molecular formula is C50H57ClN6O8S2. The van der Waals surface area contributed by atoms with Crippen molar-refractivity contribution < 1.29 is 32.7 Å². The lowest BCUT2D eigenvalue weighted by Crippen LogP contribution is -2.54. The number of halogens is 1. The van der Waals surface area contributed by atoms with Crippen molar-refractivity contribution in [3.05, 3.63) is 105 Å². The number of H-pyrrole nitrogens is 1.